The summed E-state index contributed by atoms with van der Waals surface area (Å²) >= 11 is 0. The number of anilines is 1. The van der Waals surface area contributed by atoms with E-state index < -0.39 is 11.7 Å². The molecule has 0 spiro atoms. The van der Waals surface area contributed by atoms with Crippen LogP contribution in [0.5, 0.6) is 0 Å². The summed E-state index contributed by atoms with van der Waals surface area (Å²) in [6.45, 7) is 3.38. The lowest BCUT2D eigenvalue weighted by molar-refractivity contribution is -0.137. The maximum absolute atomic E-state index is 12.8. The van der Waals surface area contributed by atoms with Crippen LogP contribution in [0, 0.1) is 0 Å². The average Bonchev–Trinajstić information content (AvgIpc) is 2.71. The summed E-state index contributed by atoms with van der Waals surface area (Å²) in [6.07, 6.45) is -2.78. The fraction of sp³-hybridized carbons (Fsp3) is 0.263. The van der Waals surface area contributed by atoms with E-state index in [0.717, 1.165) is 12.1 Å². The summed E-state index contributed by atoms with van der Waals surface area (Å²) in [7, 11) is 0. The molecule has 2 aromatic heterocycles. The molecule has 0 bridgehead atoms. The molecule has 1 N–H and O–H groups in total. The summed E-state index contributed by atoms with van der Waals surface area (Å²) in [5, 5.41) is 11.4. The molecule has 6 nitrogen and oxygen atoms in total. The second-order valence-corrected chi connectivity index (χ2v) is 5.75. The van der Waals surface area contributed by atoms with Gasteiger partial charge in [-0.1, -0.05) is 18.2 Å². The van der Waals surface area contributed by atoms with Gasteiger partial charge in [-0.3, -0.25) is 4.98 Å². The highest BCUT2D eigenvalue weighted by Crippen LogP contribution is 2.32. The van der Waals surface area contributed by atoms with Crippen molar-refractivity contribution in [2.45, 2.75) is 13.1 Å². The van der Waals surface area contributed by atoms with Gasteiger partial charge in [0.15, 0.2) is 5.82 Å². The number of alkyl halides is 3. The van der Waals surface area contributed by atoms with Crippen LogP contribution >= 0.6 is 0 Å². The predicted molar refractivity (Wildman–Crippen MR) is 98.5 cm³/mol. The Balaban J connectivity index is 1.94. The molecule has 9 heteroatoms. The highest BCUT2D eigenvalue weighted by atomic mass is 19.4. The van der Waals surface area contributed by atoms with Crippen LogP contribution in [0.3, 0.4) is 0 Å². The second-order valence-electron chi connectivity index (χ2n) is 5.75. The van der Waals surface area contributed by atoms with Crippen molar-refractivity contribution in [2.24, 2.45) is 0 Å². The Hall–Kier alpha value is -3.07. The minimum Gasteiger partial charge on any atom is -0.380 e. The zero-order chi connectivity index (χ0) is 20.0. The molecule has 1 aromatic carbocycles. The van der Waals surface area contributed by atoms with Gasteiger partial charge in [0.05, 0.1) is 12.2 Å². The number of nitrogens with zero attached hydrogens (tertiary/aromatic N) is 4. The van der Waals surface area contributed by atoms with E-state index in [1.807, 2.05) is 6.92 Å². The standard InChI is InChI=1S/C19H18F3N5O/c1-2-28-12-11-24-18-16(13-6-8-14(9-7-13)19(20,21)22)26-27-17(25-18)15-5-3-4-10-23-15/h3-10H,2,11-12H2,1H3,(H,24,25,27). The quantitative estimate of drug-likeness (QED) is 0.614. The molecule has 3 aromatic rings. The van der Waals surface area contributed by atoms with Crippen molar-refractivity contribution >= 4 is 5.82 Å². The molecular weight excluding hydrogens is 371 g/mol. The number of nitrogens with one attached hydrogen (secondary N) is 1. The Morgan fingerprint density at radius 3 is 2.46 bits per heavy atom. The molecule has 0 radical (unpaired) electrons. The van der Waals surface area contributed by atoms with Crippen LogP contribution in [-0.4, -0.2) is 39.9 Å². The molecule has 0 saturated carbocycles. The summed E-state index contributed by atoms with van der Waals surface area (Å²) in [6, 6.07) is 10.0. The average molecular weight is 389 g/mol. The smallest absolute Gasteiger partial charge is 0.380 e. The molecule has 0 unspecified atom stereocenters. The molecule has 0 fully saturated rings. The topological polar surface area (TPSA) is 72.8 Å². The first kappa shape index (κ1) is 19.7. The highest BCUT2D eigenvalue weighted by molar-refractivity contribution is 5.72. The van der Waals surface area contributed by atoms with E-state index in [-0.39, 0.29) is 0 Å². The van der Waals surface area contributed by atoms with Gasteiger partial charge >= 0.3 is 6.18 Å². The minimum atomic E-state index is -4.40. The number of halogens is 3. The molecule has 2 heterocycles. The minimum absolute atomic E-state index is 0.315. The molecule has 0 aliphatic carbocycles. The first-order chi connectivity index (χ1) is 13.5. The third-order valence-corrected chi connectivity index (χ3v) is 3.81. The fourth-order valence-electron chi connectivity index (χ4n) is 2.45. The number of ether oxygens (including phenoxy) is 1. The molecular formula is C19H18F3N5O. The Kier molecular flexibility index (Phi) is 6.15. The summed E-state index contributed by atoms with van der Waals surface area (Å²) in [5.74, 6) is 0.713. The summed E-state index contributed by atoms with van der Waals surface area (Å²) in [5.41, 5.74) is 0.638. The monoisotopic (exact) mass is 389 g/mol. The van der Waals surface area contributed by atoms with E-state index in [1.165, 1.54) is 12.1 Å². The van der Waals surface area contributed by atoms with E-state index in [1.54, 1.807) is 24.4 Å². The number of aromatic nitrogens is 4. The Morgan fingerprint density at radius 2 is 1.82 bits per heavy atom. The highest BCUT2D eigenvalue weighted by Gasteiger charge is 2.30. The Labute approximate surface area is 159 Å². The van der Waals surface area contributed by atoms with Crippen LogP contribution in [0.2, 0.25) is 0 Å². The lowest BCUT2D eigenvalue weighted by Gasteiger charge is -2.12. The van der Waals surface area contributed by atoms with Gasteiger partial charge in [-0.15, -0.1) is 10.2 Å². The third kappa shape index (κ3) is 4.80. The van der Waals surface area contributed by atoms with Crippen molar-refractivity contribution in [3.05, 3.63) is 54.2 Å². The van der Waals surface area contributed by atoms with E-state index in [9.17, 15) is 13.2 Å². The van der Waals surface area contributed by atoms with Crippen LogP contribution in [0.1, 0.15) is 12.5 Å². The molecule has 0 saturated heterocycles. The normalized spacial score (nSPS) is 11.4. The summed E-state index contributed by atoms with van der Waals surface area (Å²) < 4.78 is 43.7. The Bertz CT molecular complexity index is 902. The Morgan fingerprint density at radius 1 is 1.04 bits per heavy atom. The second kappa shape index (κ2) is 8.75. The molecule has 28 heavy (non-hydrogen) atoms. The van der Waals surface area contributed by atoms with Crippen LogP contribution < -0.4 is 5.32 Å². The van der Waals surface area contributed by atoms with Crippen LogP contribution in [0.15, 0.2) is 48.7 Å². The maximum Gasteiger partial charge on any atom is 0.416 e. The number of pyridine rings is 1. The van der Waals surface area contributed by atoms with Crippen molar-refractivity contribution in [3.8, 4) is 22.8 Å². The van der Waals surface area contributed by atoms with Gasteiger partial charge in [-0.2, -0.15) is 13.2 Å². The van der Waals surface area contributed by atoms with Gasteiger partial charge in [0.1, 0.15) is 11.4 Å². The predicted octanol–water partition coefficient (Wildman–Crippen LogP) is 4.07. The molecule has 0 atom stereocenters. The first-order valence-corrected chi connectivity index (χ1v) is 8.64. The van der Waals surface area contributed by atoms with E-state index in [0.29, 0.717) is 48.4 Å². The molecule has 0 aliphatic heterocycles. The first-order valence-electron chi connectivity index (χ1n) is 8.64. The molecule has 146 valence electrons. The zero-order valence-electron chi connectivity index (χ0n) is 15.1. The van der Waals surface area contributed by atoms with Gasteiger partial charge in [-0.25, -0.2) is 4.98 Å². The zero-order valence-corrected chi connectivity index (χ0v) is 15.1. The van der Waals surface area contributed by atoms with Crippen LogP contribution in [0.25, 0.3) is 22.8 Å². The van der Waals surface area contributed by atoms with Crippen LogP contribution in [0.4, 0.5) is 19.0 Å². The van der Waals surface area contributed by atoms with Crippen molar-refractivity contribution < 1.29 is 17.9 Å². The van der Waals surface area contributed by atoms with Crippen molar-refractivity contribution in [3.63, 3.8) is 0 Å². The summed E-state index contributed by atoms with van der Waals surface area (Å²) in [4.78, 5) is 8.66. The molecule has 3 rings (SSSR count). The van der Waals surface area contributed by atoms with Gasteiger partial charge < -0.3 is 10.1 Å². The number of hydrogen-bond acceptors (Lipinski definition) is 6. The maximum atomic E-state index is 12.8. The van der Waals surface area contributed by atoms with E-state index >= 15 is 0 Å². The van der Waals surface area contributed by atoms with Crippen molar-refractivity contribution in [1.29, 1.82) is 0 Å². The van der Waals surface area contributed by atoms with Gasteiger partial charge in [0.2, 0.25) is 5.82 Å². The number of benzene rings is 1. The van der Waals surface area contributed by atoms with Crippen molar-refractivity contribution in [1.82, 2.24) is 20.2 Å². The van der Waals surface area contributed by atoms with Gasteiger partial charge in [0, 0.05) is 24.9 Å². The largest absolute Gasteiger partial charge is 0.416 e. The molecule has 0 amide bonds. The lowest BCUT2D eigenvalue weighted by Crippen LogP contribution is -2.13. The van der Waals surface area contributed by atoms with E-state index in [2.05, 4.69) is 25.5 Å². The third-order valence-electron chi connectivity index (χ3n) is 3.81. The number of hydrogen-bond donors (Lipinski definition) is 1. The fourth-order valence-corrected chi connectivity index (χ4v) is 2.45. The lowest BCUT2D eigenvalue weighted by atomic mass is 10.1. The SMILES string of the molecule is CCOCCNc1nc(-c2ccccn2)nnc1-c1ccc(C(F)(F)F)cc1. The van der Waals surface area contributed by atoms with Crippen molar-refractivity contribution in [2.75, 3.05) is 25.1 Å². The number of rotatable bonds is 7. The van der Waals surface area contributed by atoms with E-state index in [4.69, 9.17) is 4.74 Å². The van der Waals surface area contributed by atoms with Crippen LogP contribution in [-0.2, 0) is 10.9 Å². The van der Waals surface area contributed by atoms with Gasteiger partial charge in [0.25, 0.3) is 0 Å². The van der Waals surface area contributed by atoms with Gasteiger partial charge in [-0.05, 0) is 31.2 Å². The molecule has 0 aliphatic rings.